The minimum absolute atomic E-state index is 0.00310. The van der Waals surface area contributed by atoms with E-state index in [9.17, 15) is 29.4 Å². The van der Waals surface area contributed by atoms with Crippen LogP contribution in [-0.4, -0.2) is 137 Å². The summed E-state index contributed by atoms with van der Waals surface area (Å²) in [7, 11) is -2.92. The molecule has 0 bridgehead atoms. The summed E-state index contributed by atoms with van der Waals surface area (Å²) in [5, 5.41) is 22.9. The van der Waals surface area contributed by atoms with Gasteiger partial charge in [-0.25, -0.2) is 30.7 Å². The number of halogens is 1. The van der Waals surface area contributed by atoms with Crippen molar-refractivity contribution in [1.29, 1.82) is 0 Å². The number of ether oxygens (including phenoxy) is 3. The number of nitrogens with one attached hydrogen (secondary N) is 3. The highest BCUT2D eigenvalue weighted by Crippen LogP contribution is 2.56. The molecule has 2 aliphatic rings. The number of aromatic nitrogens is 9. The quantitative estimate of drug-likeness (QED) is 0.0252. The molecule has 2 fully saturated rings. The lowest BCUT2D eigenvalue weighted by Crippen LogP contribution is -2.54. The zero-order valence-electron chi connectivity index (χ0n) is 37.8. The number of rotatable bonds is 19. The maximum absolute atomic E-state index is 16.5. The van der Waals surface area contributed by atoms with Crippen molar-refractivity contribution in [3.05, 3.63) is 57.2 Å². The molecule has 364 valence electrons. The van der Waals surface area contributed by atoms with Gasteiger partial charge in [0, 0.05) is 18.3 Å². The van der Waals surface area contributed by atoms with Crippen LogP contribution in [0.1, 0.15) is 67.8 Å². The number of anilines is 1. The van der Waals surface area contributed by atoms with Crippen LogP contribution in [0.5, 0.6) is 0 Å². The Morgan fingerprint density at radius 3 is 2.24 bits per heavy atom. The Balaban J connectivity index is 1.28. The first-order chi connectivity index (χ1) is 31.7. The molecule has 9 atom stereocenters. The van der Waals surface area contributed by atoms with Gasteiger partial charge < -0.3 is 42.7 Å². The number of carbonyl (C=O) groups is 2. The molecule has 1 amide bonds. The van der Waals surface area contributed by atoms with Crippen LogP contribution < -0.4 is 16.4 Å². The van der Waals surface area contributed by atoms with Crippen LogP contribution in [0.25, 0.3) is 33.0 Å². The lowest BCUT2D eigenvalue weighted by Gasteiger charge is -2.45. The van der Waals surface area contributed by atoms with Gasteiger partial charge in [-0.2, -0.15) is 4.98 Å². The van der Waals surface area contributed by atoms with Gasteiger partial charge in [-0.3, -0.25) is 47.7 Å². The second kappa shape index (κ2) is 19.9. The van der Waals surface area contributed by atoms with Gasteiger partial charge >= 0.3 is 12.9 Å². The maximum Gasteiger partial charge on any atom is 0.506 e. The van der Waals surface area contributed by atoms with Crippen molar-refractivity contribution in [2.75, 3.05) is 31.7 Å². The number of aliphatic hydroxyl groups is 1. The van der Waals surface area contributed by atoms with Crippen molar-refractivity contribution in [2.24, 2.45) is 5.92 Å². The highest BCUT2D eigenvalue weighted by atomic mass is 32.5. The van der Waals surface area contributed by atoms with Crippen molar-refractivity contribution < 1.29 is 56.4 Å². The summed E-state index contributed by atoms with van der Waals surface area (Å²) in [5.74, 6) is -0.958. The van der Waals surface area contributed by atoms with E-state index in [1.165, 1.54) is 17.1 Å². The predicted octanol–water partition coefficient (Wildman–Crippen LogP) is 4.41. The van der Waals surface area contributed by atoms with Crippen LogP contribution in [-0.2, 0) is 48.8 Å². The van der Waals surface area contributed by atoms with E-state index in [2.05, 4.69) is 40.1 Å². The average molecular weight is 994 g/mol. The molecule has 5 aromatic rings. The number of imidazole rings is 3. The molecular formula is C39H53FN11O13PSSi. The largest absolute Gasteiger partial charge is 0.506 e. The molecule has 0 aromatic carbocycles. The third kappa shape index (κ3) is 9.56. The van der Waals surface area contributed by atoms with Gasteiger partial charge in [0.1, 0.15) is 31.0 Å². The van der Waals surface area contributed by atoms with Crippen molar-refractivity contribution in [3.63, 3.8) is 0 Å². The molecule has 7 rings (SSSR count). The zero-order valence-corrected chi connectivity index (χ0v) is 40.5. The fourth-order valence-electron chi connectivity index (χ4n) is 8.98. The van der Waals surface area contributed by atoms with Crippen LogP contribution in [0, 0.1) is 12.5 Å². The number of aromatic amines is 2. The summed E-state index contributed by atoms with van der Waals surface area (Å²) in [6, 6.07) is 0. The van der Waals surface area contributed by atoms with Crippen molar-refractivity contribution >= 4 is 73.0 Å². The van der Waals surface area contributed by atoms with Gasteiger partial charge in [0.05, 0.1) is 25.9 Å². The molecule has 2 saturated heterocycles. The second-order valence-electron chi connectivity index (χ2n) is 17.3. The molecule has 67 heavy (non-hydrogen) atoms. The van der Waals surface area contributed by atoms with E-state index in [0.29, 0.717) is 0 Å². The molecule has 24 nitrogen and oxygen atoms in total. The molecule has 5 N–H and O–H groups in total. The van der Waals surface area contributed by atoms with E-state index in [1.54, 1.807) is 29.0 Å². The zero-order chi connectivity index (χ0) is 48.7. The molecule has 2 aliphatic heterocycles. The highest BCUT2D eigenvalue weighted by molar-refractivity contribution is 8.07. The number of fused-ring (bicyclic) bond motifs is 4. The minimum atomic E-state index is -4.27. The topological polar surface area (TPSA) is 287 Å². The first-order valence-electron chi connectivity index (χ1n) is 21.5. The number of carbonyl (C=O) groups excluding carboxylic acids is 1. The number of carboxylic acid groups (broad SMARTS) is 1. The van der Waals surface area contributed by atoms with Gasteiger partial charge in [-0.15, -0.1) is 0 Å². The third-order valence-corrected chi connectivity index (χ3v) is 20.4. The Morgan fingerprint density at radius 1 is 0.955 bits per heavy atom. The summed E-state index contributed by atoms with van der Waals surface area (Å²) in [5.41, 5.74) is -1.35. The fourth-order valence-corrected chi connectivity index (χ4v) is 16.6. The summed E-state index contributed by atoms with van der Waals surface area (Å²) in [4.78, 5) is 77.0. The average Bonchev–Trinajstić information content (AvgIpc) is 4.10. The molecule has 0 spiro atoms. The summed E-state index contributed by atoms with van der Waals surface area (Å²) < 4.78 is 64.8. The Kier molecular flexibility index (Phi) is 14.8. The molecule has 0 saturated carbocycles. The van der Waals surface area contributed by atoms with Gasteiger partial charge in [0.15, 0.2) is 47.1 Å². The monoisotopic (exact) mass is 993 g/mol. The lowest BCUT2D eigenvalue weighted by atomic mass is 10.1. The lowest BCUT2D eigenvalue weighted by molar-refractivity contribution is -0.118. The van der Waals surface area contributed by atoms with E-state index < -0.39 is 106 Å². The number of nitrogens with zero attached hydrogens (tertiary/aromatic N) is 8. The molecule has 5 aromatic heterocycles. The third-order valence-electron chi connectivity index (χ3n) is 11.9. The standard InChI is InChI=1S/C39H53FN11O13PSSi/c1-18(2)31(53)46-37-45-30-25(32(54)47-37)43-16-50(30)35-28(24(40)22(14-52)60-35)63-65(66,58-13-11-41-9)59-15-23-27(62-39(56)57)29(64-67(19(3)4,20(5)6)21(7)8)36(61-23)51-17-44-26-33(55)48-38-42-10-12-49(38)34(26)51/h10,12,16-24,27-29,35-36,52H,11,13-15H2,1-8H3,(H,56,57)(H,42,48,55)(H2,45,46,47,53,54)/t22-,23-,24-,27-,28-,29-,35-,36-,65?/m1/s1. The number of hydrogen-bond acceptors (Lipinski definition) is 17. The van der Waals surface area contributed by atoms with Crippen molar-refractivity contribution in [2.45, 2.75) is 121 Å². The number of H-pyrrole nitrogens is 2. The van der Waals surface area contributed by atoms with Gasteiger partial charge in [0.25, 0.3) is 11.1 Å². The van der Waals surface area contributed by atoms with E-state index in [1.807, 2.05) is 41.5 Å². The van der Waals surface area contributed by atoms with Crippen molar-refractivity contribution in [1.82, 2.24) is 43.4 Å². The Hall–Kier alpha value is -5.01. The summed E-state index contributed by atoms with van der Waals surface area (Å²) >= 11 is 5.89. The Bertz CT molecular complexity index is 2810. The van der Waals surface area contributed by atoms with E-state index in [0.717, 1.165) is 6.33 Å². The Labute approximate surface area is 387 Å². The normalized spacial score (nSPS) is 24.4. The molecule has 28 heteroatoms. The number of hydrogen-bond donors (Lipinski definition) is 5. The summed E-state index contributed by atoms with van der Waals surface area (Å²) in [6.07, 6.45) is -8.13. The van der Waals surface area contributed by atoms with Crippen LogP contribution >= 0.6 is 6.72 Å². The van der Waals surface area contributed by atoms with Gasteiger partial charge in [0.2, 0.25) is 32.5 Å². The van der Waals surface area contributed by atoms with Gasteiger partial charge in [-0.05, 0) is 28.4 Å². The second-order valence-corrected chi connectivity index (χ2v) is 25.7. The maximum atomic E-state index is 16.5. The number of amides is 1. The van der Waals surface area contributed by atoms with Crippen LogP contribution in [0.4, 0.5) is 15.1 Å². The van der Waals surface area contributed by atoms with Crippen LogP contribution in [0.15, 0.2) is 34.6 Å². The summed E-state index contributed by atoms with van der Waals surface area (Å²) in [6.45, 7) is 16.6. The highest BCUT2D eigenvalue weighted by Gasteiger charge is 2.57. The number of alkyl halides is 1. The van der Waals surface area contributed by atoms with E-state index in [4.69, 9.17) is 50.6 Å². The molecule has 1 unspecified atom stereocenters. The Morgan fingerprint density at radius 2 is 1.60 bits per heavy atom. The van der Waals surface area contributed by atoms with Gasteiger partial charge in [-0.1, -0.05) is 55.4 Å². The smallest absolute Gasteiger partial charge is 0.450 e. The van der Waals surface area contributed by atoms with Crippen molar-refractivity contribution in [3.8, 4) is 0 Å². The van der Waals surface area contributed by atoms with E-state index >= 15 is 4.39 Å². The van der Waals surface area contributed by atoms with Crippen LogP contribution in [0.3, 0.4) is 0 Å². The molecule has 0 aliphatic carbocycles. The minimum Gasteiger partial charge on any atom is -0.450 e. The first-order valence-corrected chi connectivity index (χ1v) is 26.2. The predicted molar refractivity (Wildman–Crippen MR) is 242 cm³/mol. The first kappa shape index (κ1) is 49.9. The molecular weight excluding hydrogens is 941 g/mol. The SMILES string of the molecule is [C-]#[N+]CCOP(=S)(OC[C@H]1O[C@@H](n2cnc3c(=O)[nH]c4nccn4c32)[C@H](O[Si](C(C)C)(C(C)C)C(C)C)[C@@H]1OC(=O)O)O[C@@H]1[C@H](F)[C@@H](CO)O[C@H]1n1cnc2c(=O)[nH]c(NC(=O)C(C)C)nc21. The fraction of sp³-hybridized carbons (Fsp3) is 0.615. The molecule has 7 heterocycles. The van der Waals surface area contributed by atoms with Crippen LogP contribution in [0.2, 0.25) is 16.6 Å². The van der Waals surface area contributed by atoms with E-state index in [-0.39, 0.29) is 63.8 Å². The number of aliphatic hydroxyl groups excluding tert-OH is 1. The molecule has 0 radical (unpaired) electrons.